The highest BCUT2D eigenvalue weighted by atomic mass is 32.1. The number of carbonyl (C=O) groups is 1. The molecule has 0 radical (unpaired) electrons. The summed E-state index contributed by atoms with van der Waals surface area (Å²) in [4.78, 5) is 16.4. The highest BCUT2D eigenvalue weighted by Crippen LogP contribution is 2.19. The Kier molecular flexibility index (Phi) is 3.31. The van der Waals surface area contributed by atoms with Crippen LogP contribution in [0.2, 0.25) is 0 Å². The summed E-state index contributed by atoms with van der Waals surface area (Å²) in [5, 5.41) is 9.10. The Morgan fingerprint density at radius 1 is 1.42 bits per heavy atom. The van der Waals surface area contributed by atoms with E-state index in [1.165, 1.54) is 11.1 Å². The van der Waals surface area contributed by atoms with Crippen molar-refractivity contribution in [1.82, 2.24) is 15.6 Å². The Labute approximate surface area is 115 Å². The zero-order chi connectivity index (χ0) is 13.2. The van der Waals surface area contributed by atoms with Gasteiger partial charge in [0.1, 0.15) is 5.01 Å². The molecule has 0 spiro atoms. The molecule has 98 valence electrons. The third kappa shape index (κ3) is 2.52. The van der Waals surface area contributed by atoms with E-state index in [1.807, 2.05) is 30.5 Å². The van der Waals surface area contributed by atoms with Crippen molar-refractivity contribution in [3.05, 3.63) is 51.5 Å². The zero-order valence-electron chi connectivity index (χ0n) is 10.6. The summed E-state index contributed by atoms with van der Waals surface area (Å²) >= 11 is 1.55. The van der Waals surface area contributed by atoms with Crippen LogP contribution < -0.4 is 10.6 Å². The Hall–Kier alpha value is -1.72. The molecule has 2 aromatic rings. The summed E-state index contributed by atoms with van der Waals surface area (Å²) in [7, 11) is 0. The number of hydrogen-bond acceptors (Lipinski definition) is 4. The molecule has 1 unspecified atom stereocenters. The molecule has 19 heavy (non-hydrogen) atoms. The van der Waals surface area contributed by atoms with Gasteiger partial charge in [0, 0.05) is 30.2 Å². The quantitative estimate of drug-likeness (QED) is 0.901. The molecule has 0 saturated carbocycles. The molecule has 0 fully saturated rings. The van der Waals surface area contributed by atoms with Crippen LogP contribution >= 0.6 is 11.3 Å². The number of nitrogens with zero attached hydrogens (tertiary/aromatic N) is 1. The van der Waals surface area contributed by atoms with Gasteiger partial charge < -0.3 is 10.6 Å². The van der Waals surface area contributed by atoms with E-state index in [0.717, 1.165) is 18.1 Å². The summed E-state index contributed by atoms with van der Waals surface area (Å²) in [6, 6.07) is 5.83. The molecule has 0 aliphatic carbocycles. The highest BCUT2D eigenvalue weighted by Gasteiger charge is 2.16. The molecule has 0 saturated heterocycles. The number of carbonyl (C=O) groups excluding carboxylic acids is 1. The van der Waals surface area contributed by atoms with E-state index < -0.39 is 0 Å². The standard InChI is InChI=1S/C14H15N3OS/c1-9(14-16-4-5-19-14)17-13(18)10-2-3-11-7-15-8-12(11)6-10/h2-6,9,15H,7-8H2,1H3,(H,17,18). The van der Waals surface area contributed by atoms with Crippen molar-refractivity contribution in [3.8, 4) is 0 Å². The van der Waals surface area contributed by atoms with E-state index in [1.54, 1.807) is 17.5 Å². The van der Waals surface area contributed by atoms with Gasteiger partial charge in [0.2, 0.25) is 0 Å². The molecule has 1 aromatic carbocycles. The predicted molar refractivity (Wildman–Crippen MR) is 75.0 cm³/mol. The van der Waals surface area contributed by atoms with Gasteiger partial charge in [-0.15, -0.1) is 11.3 Å². The van der Waals surface area contributed by atoms with Crippen molar-refractivity contribution in [1.29, 1.82) is 0 Å². The van der Waals surface area contributed by atoms with E-state index >= 15 is 0 Å². The number of fused-ring (bicyclic) bond motifs is 1. The number of amides is 1. The van der Waals surface area contributed by atoms with E-state index in [9.17, 15) is 4.79 Å². The summed E-state index contributed by atoms with van der Waals surface area (Å²) < 4.78 is 0. The fraction of sp³-hybridized carbons (Fsp3) is 0.286. The molecular formula is C14H15N3OS. The molecule has 1 amide bonds. The number of nitrogens with one attached hydrogen (secondary N) is 2. The lowest BCUT2D eigenvalue weighted by atomic mass is 10.1. The fourth-order valence-electron chi connectivity index (χ4n) is 2.23. The molecule has 1 aromatic heterocycles. The van der Waals surface area contributed by atoms with Gasteiger partial charge >= 0.3 is 0 Å². The zero-order valence-corrected chi connectivity index (χ0v) is 11.5. The largest absolute Gasteiger partial charge is 0.343 e. The van der Waals surface area contributed by atoms with E-state index in [4.69, 9.17) is 0 Å². The van der Waals surface area contributed by atoms with Gasteiger partial charge in [-0.2, -0.15) is 0 Å². The van der Waals surface area contributed by atoms with Crippen LogP contribution in [0.25, 0.3) is 0 Å². The first-order valence-electron chi connectivity index (χ1n) is 6.27. The third-order valence-electron chi connectivity index (χ3n) is 3.27. The molecule has 4 nitrogen and oxygen atoms in total. The fourth-order valence-corrected chi connectivity index (χ4v) is 2.87. The van der Waals surface area contributed by atoms with Gasteiger partial charge in [-0.3, -0.25) is 4.79 Å². The van der Waals surface area contributed by atoms with Gasteiger partial charge in [0.05, 0.1) is 6.04 Å². The summed E-state index contributed by atoms with van der Waals surface area (Å²) in [6.45, 7) is 3.69. The van der Waals surface area contributed by atoms with Crippen LogP contribution in [0.1, 0.15) is 39.5 Å². The van der Waals surface area contributed by atoms with E-state index in [0.29, 0.717) is 5.56 Å². The van der Waals surface area contributed by atoms with Crippen LogP contribution in [0.3, 0.4) is 0 Å². The molecular weight excluding hydrogens is 258 g/mol. The topological polar surface area (TPSA) is 54.0 Å². The number of rotatable bonds is 3. The number of benzene rings is 1. The number of aromatic nitrogens is 1. The Morgan fingerprint density at radius 2 is 2.26 bits per heavy atom. The van der Waals surface area contributed by atoms with Gasteiger partial charge in [-0.1, -0.05) is 6.07 Å². The molecule has 3 rings (SSSR count). The minimum absolute atomic E-state index is 0.0441. The van der Waals surface area contributed by atoms with E-state index in [2.05, 4.69) is 15.6 Å². The molecule has 1 aliphatic heterocycles. The second-order valence-electron chi connectivity index (χ2n) is 4.65. The Balaban J connectivity index is 1.74. The first kappa shape index (κ1) is 12.3. The maximum atomic E-state index is 12.2. The molecule has 1 aliphatic rings. The summed E-state index contributed by atoms with van der Waals surface area (Å²) in [5.74, 6) is -0.0441. The van der Waals surface area contributed by atoms with Crippen molar-refractivity contribution < 1.29 is 4.79 Å². The molecule has 1 atom stereocenters. The minimum atomic E-state index is -0.0566. The van der Waals surface area contributed by atoms with Crippen LogP contribution in [0.15, 0.2) is 29.8 Å². The monoisotopic (exact) mass is 273 g/mol. The first-order valence-corrected chi connectivity index (χ1v) is 7.15. The van der Waals surface area contributed by atoms with Gasteiger partial charge in [0.25, 0.3) is 5.91 Å². The Bertz CT molecular complexity index is 595. The molecule has 5 heteroatoms. The SMILES string of the molecule is CC(NC(=O)c1ccc2c(c1)CNC2)c1nccs1. The average molecular weight is 273 g/mol. The van der Waals surface area contributed by atoms with Crippen molar-refractivity contribution in [2.24, 2.45) is 0 Å². The number of hydrogen-bond donors (Lipinski definition) is 2. The molecule has 2 heterocycles. The van der Waals surface area contributed by atoms with Gasteiger partial charge in [-0.05, 0) is 30.2 Å². The van der Waals surface area contributed by atoms with Gasteiger partial charge in [-0.25, -0.2) is 4.98 Å². The van der Waals surface area contributed by atoms with Crippen molar-refractivity contribution in [3.63, 3.8) is 0 Å². The smallest absolute Gasteiger partial charge is 0.251 e. The lowest BCUT2D eigenvalue weighted by Gasteiger charge is -2.11. The lowest BCUT2D eigenvalue weighted by Crippen LogP contribution is -2.26. The van der Waals surface area contributed by atoms with Crippen LogP contribution in [0, 0.1) is 0 Å². The first-order chi connectivity index (χ1) is 9.24. The van der Waals surface area contributed by atoms with Crippen molar-refractivity contribution in [2.45, 2.75) is 26.1 Å². The third-order valence-corrected chi connectivity index (χ3v) is 4.23. The average Bonchev–Trinajstić information content (AvgIpc) is 3.09. The Morgan fingerprint density at radius 3 is 3.05 bits per heavy atom. The maximum Gasteiger partial charge on any atom is 0.251 e. The van der Waals surface area contributed by atoms with Crippen LogP contribution in [-0.4, -0.2) is 10.9 Å². The predicted octanol–water partition coefficient (Wildman–Crippen LogP) is 2.24. The van der Waals surface area contributed by atoms with Crippen molar-refractivity contribution >= 4 is 17.2 Å². The second-order valence-corrected chi connectivity index (χ2v) is 5.58. The maximum absolute atomic E-state index is 12.2. The normalized spacial score (nSPS) is 15.0. The molecule has 0 bridgehead atoms. The van der Waals surface area contributed by atoms with Crippen LogP contribution in [0.4, 0.5) is 0 Å². The van der Waals surface area contributed by atoms with E-state index in [-0.39, 0.29) is 11.9 Å². The van der Waals surface area contributed by atoms with Crippen LogP contribution in [-0.2, 0) is 13.1 Å². The summed E-state index contributed by atoms with van der Waals surface area (Å²) in [5.41, 5.74) is 3.21. The summed E-state index contributed by atoms with van der Waals surface area (Å²) in [6.07, 6.45) is 1.75. The lowest BCUT2D eigenvalue weighted by molar-refractivity contribution is 0.0939. The number of thiazole rings is 1. The van der Waals surface area contributed by atoms with Gasteiger partial charge in [0.15, 0.2) is 0 Å². The van der Waals surface area contributed by atoms with Crippen LogP contribution in [0.5, 0.6) is 0 Å². The highest BCUT2D eigenvalue weighted by molar-refractivity contribution is 7.09. The second kappa shape index (κ2) is 5.11. The molecule has 2 N–H and O–H groups in total. The minimum Gasteiger partial charge on any atom is -0.343 e. The van der Waals surface area contributed by atoms with Crippen molar-refractivity contribution in [2.75, 3.05) is 0 Å².